The molecule has 1 aliphatic heterocycles. The van der Waals surface area contributed by atoms with Crippen LogP contribution in [0.3, 0.4) is 0 Å². The molecule has 0 spiro atoms. The SMILES string of the molecule is COc1ccc(C(=O)N2CCC(N)C(C)C2)cc1.Cl. The van der Waals surface area contributed by atoms with Crippen molar-refractivity contribution in [2.24, 2.45) is 11.7 Å². The number of likely N-dealkylation sites (tertiary alicyclic amines) is 1. The zero-order valence-corrected chi connectivity index (χ0v) is 12.2. The summed E-state index contributed by atoms with van der Waals surface area (Å²) >= 11 is 0. The van der Waals surface area contributed by atoms with Crippen molar-refractivity contribution in [1.29, 1.82) is 0 Å². The summed E-state index contributed by atoms with van der Waals surface area (Å²) in [6.07, 6.45) is 0.878. The van der Waals surface area contributed by atoms with Gasteiger partial charge in [-0.15, -0.1) is 12.4 Å². The molecule has 1 aliphatic rings. The summed E-state index contributed by atoms with van der Waals surface area (Å²) in [5.41, 5.74) is 6.67. The van der Waals surface area contributed by atoms with E-state index >= 15 is 0 Å². The Labute approximate surface area is 120 Å². The third-order valence-corrected chi connectivity index (χ3v) is 3.60. The molecule has 5 heteroatoms. The highest BCUT2D eigenvalue weighted by Crippen LogP contribution is 2.18. The summed E-state index contributed by atoms with van der Waals surface area (Å²) in [6, 6.07) is 7.45. The third kappa shape index (κ3) is 3.61. The van der Waals surface area contributed by atoms with Gasteiger partial charge < -0.3 is 15.4 Å². The smallest absolute Gasteiger partial charge is 0.253 e. The molecular formula is C14H21ClN2O2. The molecule has 1 saturated heterocycles. The van der Waals surface area contributed by atoms with Gasteiger partial charge in [0.2, 0.25) is 0 Å². The Kier molecular flexibility index (Phi) is 5.63. The average molecular weight is 285 g/mol. The van der Waals surface area contributed by atoms with Crippen LogP contribution in [0.2, 0.25) is 0 Å². The topological polar surface area (TPSA) is 55.6 Å². The number of piperidine rings is 1. The van der Waals surface area contributed by atoms with E-state index in [9.17, 15) is 4.79 Å². The van der Waals surface area contributed by atoms with Crippen LogP contribution < -0.4 is 10.5 Å². The molecule has 1 aromatic rings. The Hall–Kier alpha value is -1.26. The van der Waals surface area contributed by atoms with Crippen molar-refractivity contribution >= 4 is 18.3 Å². The molecule has 19 heavy (non-hydrogen) atoms. The molecule has 0 saturated carbocycles. The highest BCUT2D eigenvalue weighted by atomic mass is 35.5. The van der Waals surface area contributed by atoms with Gasteiger partial charge in [-0.1, -0.05) is 6.92 Å². The number of hydrogen-bond donors (Lipinski definition) is 1. The molecule has 1 amide bonds. The monoisotopic (exact) mass is 284 g/mol. The Morgan fingerprint density at radius 1 is 1.37 bits per heavy atom. The number of rotatable bonds is 2. The normalized spacial score (nSPS) is 22.6. The molecule has 106 valence electrons. The molecule has 2 unspecified atom stereocenters. The second-order valence-electron chi connectivity index (χ2n) is 4.91. The fourth-order valence-corrected chi connectivity index (χ4v) is 2.26. The second-order valence-corrected chi connectivity index (χ2v) is 4.91. The minimum atomic E-state index is 0. The Morgan fingerprint density at radius 3 is 2.53 bits per heavy atom. The summed E-state index contributed by atoms with van der Waals surface area (Å²) in [7, 11) is 1.62. The Morgan fingerprint density at radius 2 is 2.00 bits per heavy atom. The number of halogens is 1. The fourth-order valence-electron chi connectivity index (χ4n) is 2.26. The number of nitrogens with two attached hydrogens (primary N) is 1. The summed E-state index contributed by atoms with van der Waals surface area (Å²) in [5, 5.41) is 0. The van der Waals surface area contributed by atoms with Gasteiger partial charge in [-0.25, -0.2) is 0 Å². The molecule has 1 aromatic carbocycles. The lowest BCUT2D eigenvalue weighted by atomic mass is 9.94. The highest BCUT2D eigenvalue weighted by Gasteiger charge is 2.26. The van der Waals surface area contributed by atoms with Crippen molar-refractivity contribution in [2.45, 2.75) is 19.4 Å². The molecule has 0 aromatic heterocycles. The quantitative estimate of drug-likeness (QED) is 0.903. The third-order valence-electron chi connectivity index (χ3n) is 3.60. The number of carbonyl (C=O) groups is 1. The first-order valence-electron chi connectivity index (χ1n) is 6.30. The van der Waals surface area contributed by atoms with E-state index in [4.69, 9.17) is 10.5 Å². The van der Waals surface area contributed by atoms with Crippen LogP contribution in [0.15, 0.2) is 24.3 Å². The van der Waals surface area contributed by atoms with E-state index in [0.717, 1.165) is 25.3 Å². The molecule has 2 N–H and O–H groups in total. The number of methoxy groups -OCH3 is 1. The van der Waals surface area contributed by atoms with Crippen molar-refractivity contribution in [3.63, 3.8) is 0 Å². The first-order valence-corrected chi connectivity index (χ1v) is 6.30. The molecular weight excluding hydrogens is 264 g/mol. The van der Waals surface area contributed by atoms with Crippen LogP contribution in [0, 0.1) is 5.92 Å². The number of amides is 1. The molecule has 4 nitrogen and oxygen atoms in total. The summed E-state index contributed by atoms with van der Waals surface area (Å²) in [6.45, 7) is 3.58. The van der Waals surface area contributed by atoms with Crippen molar-refractivity contribution in [3.05, 3.63) is 29.8 Å². The van der Waals surface area contributed by atoms with E-state index in [0.29, 0.717) is 11.5 Å². The van der Waals surface area contributed by atoms with Crippen LogP contribution in [0.1, 0.15) is 23.7 Å². The maximum atomic E-state index is 12.3. The molecule has 0 radical (unpaired) electrons. The molecule has 1 heterocycles. The molecule has 0 aliphatic carbocycles. The number of ether oxygens (including phenoxy) is 1. The van der Waals surface area contributed by atoms with Gasteiger partial charge in [-0.05, 0) is 36.6 Å². The van der Waals surface area contributed by atoms with Crippen LogP contribution in [0.25, 0.3) is 0 Å². The van der Waals surface area contributed by atoms with E-state index in [1.54, 1.807) is 19.2 Å². The van der Waals surface area contributed by atoms with Gasteiger partial charge in [0.05, 0.1) is 7.11 Å². The lowest BCUT2D eigenvalue weighted by Gasteiger charge is -2.35. The van der Waals surface area contributed by atoms with Crippen molar-refractivity contribution in [1.82, 2.24) is 4.90 Å². The lowest BCUT2D eigenvalue weighted by Crippen LogP contribution is -2.48. The van der Waals surface area contributed by atoms with Crippen LogP contribution in [-0.2, 0) is 0 Å². The van der Waals surface area contributed by atoms with Crippen LogP contribution >= 0.6 is 12.4 Å². The predicted molar refractivity (Wildman–Crippen MR) is 77.9 cm³/mol. The van der Waals surface area contributed by atoms with Gasteiger partial charge in [0.25, 0.3) is 5.91 Å². The van der Waals surface area contributed by atoms with Gasteiger partial charge in [-0.3, -0.25) is 4.79 Å². The van der Waals surface area contributed by atoms with E-state index in [2.05, 4.69) is 6.92 Å². The Balaban J connectivity index is 0.00000180. The van der Waals surface area contributed by atoms with Gasteiger partial charge in [-0.2, -0.15) is 0 Å². The zero-order valence-electron chi connectivity index (χ0n) is 11.3. The van der Waals surface area contributed by atoms with Gasteiger partial charge >= 0.3 is 0 Å². The maximum absolute atomic E-state index is 12.3. The molecule has 2 atom stereocenters. The standard InChI is InChI=1S/C14H20N2O2.ClH/c1-10-9-16(8-7-13(10)15)14(17)11-3-5-12(18-2)6-4-11;/h3-6,10,13H,7-9,15H2,1-2H3;1H. The maximum Gasteiger partial charge on any atom is 0.253 e. The largest absolute Gasteiger partial charge is 0.497 e. The number of carbonyl (C=O) groups excluding carboxylic acids is 1. The zero-order chi connectivity index (χ0) is 13.1. The van der Waals surface area contributed by atoms with E-state index < -0.39 is 0 Å². The van der Waals surface area contributed by atoms with E-state index in [1.807, 2.05) is 17.0 Å². The summed E-state index contributed by atoms with van der Waals surface area (Å²) < 4.78 is 5.08. The van der Waals surface area contributed by atoms with E-state index in [-0.39, 0.29) is 24.4 Å². The van der Waals surface area contributed by atoms with Crippen LogP contribution in [0.4, 0.5) is 0 Å². The second kappa shape index (κ2) is 6.78. The first kappa shape index (κ1) is 15.8. The Bertz CT molecular complexity index is 422. The average Bonchev–Trinajstić information content (AvgIpc) is 2.41. The molecule has 0 bridgehead atoms. The van der Waals surface area contributed by atoms with Crippen molar-refractivity contribution in [2.75, 3.05) is 20.2 Å². The van der Waals surface area contributed by atoms with Crippen LogP contribution in [0.5, 0.6) is 5.75 Å². The van der Waals surface area contributed by atoms with Gasteiger partial charge in [0.15, 0.2) is 0 Å². The molecule has 2 rings (SSSR count). The van der Waals surface area contributed by atoms with Gasteiger partial charge in [0.1, 0.15) is 5.75 Å². The van der Waals surface area contributed by atoms with Crippen LogP contribution in [-0.4, -0.2) is 37.0 Å². The number of benzene rings is 1. The lowest BCUT2D eigenvalue weighted by molar-refractivity contribution is 0.0664. The fraction of sp³-hybridized carbons (Fsp3) is 0.500. The first-order chi connectivity index (χ1) is 8.61. The van der Waals surface area contributed by atoms with E-state index in [1.165, 1.54) is 0 Å². The summed E-state index contributed by atoms with van der Waals surface area (Å²) in [4.78, 5) is 14.2. The number of hydrogen-bond acceptors (Lipinski definition) is 3. The molecule has 1 fully saturated rings. The predicted octanol–water partition coefficient (Wildman–Crippen LogP) is 1.93. The minimum Gasteiger partial charge on any atom is -0.497 e. The summed E-state index contributed by atoms with van der Waals surface area (Å²) in [5.74, 6) is 1.21. The highest BCUT2D eigenvalue weighted by molar-refractivity contribution is 5.94. The minimum absolute atomic E-state index is 0. The van der Waals surface area contributed by atoms with Crippen molar-refractivity contribution in [3.8, 4) is 5.75 Å². The van der Waals surface area contributed by atoms with Gasteiger partial charge in [0, 0.05) is 24.7 Å². The number of nitrogens with zero attached hydrogens (tertiary/aromatic N) is 1. The van der Waals surface area contributed by atoms with Crippen molar-refractivity contribution < 1.29 is 9.53 Å².